The van der Waals surface area contributed by atoms with Crippen molar-refractivity contribution in [2.45, 2.75) is 0 Å². The maximum Gasteiger partial charge on any atom is 0.312 e. The molecule has 0 radical (unpaired) electrons. The van der Waals surface area contributed by atoms with E-state index in [1.807, 2.05) is 29.6 Å². The van der Waals surface area contributed by atoms with Crippen LogP contribution in [0.5, 0.6) is 0 Å². The van der Waals surface area contributed by atoms with E-state index in [9.17, 15) is 14.4 Å². The third-order valence-electron chi connectivity index (χ3n) is 5.71. The van der Waals surface area contributed by atoms with Gasteiger partial charge in [-0.3, -0.25) is 4.79 Å². The predicted octanol–water partition coefficient (Wildman–Crippen LogP) is 5.18. The average molecular weight is 431 g/mol. The van der Waals surface area contributed by atoms with Crippen molar-refractivity contribution in [1.82, 2.24) is 4.98 Å². The van der Waals surface area contributed by atoms with Crippen molar-refractivity contribution in [1.29, 1.82) is 5.26 Å². The maximum atomic E-state index is 14.1. The zero-order valence-corrected chi connectivity index (χ0v) is 17.5. The zero-order valence-electron chi connectivity index (χ0n) is 16.7. The van der Waals surface area contributed by atoms with Crippen LogP contribution < -0.4 is 4.90 Å². The molecule has 1 fully saturated rings. The van der Waals surface area contributed by atoms with Gasteiger partial charge >= 0.3 is 5.97 Å². The summed E-state index contributed by atoms with van der Waals surface area (Å²) in [6.07, 6.45) is 0. The number of methoxy groups -OCH3 is 1. The van der Waals surface area contributed by atoms with Crippen LogP contribution in [-0.4, -0.2) is 31.2 Å². The fourth-order valence-corrected chi connectivity index (χ4v) is 4.81. The number of nitriles is 1. The Morgan fingerprint density at radius 1 is 1.26 bits per heavy atom. The predicted molar refractivity (Wildman–Crippen MR) is 119 cm³/mol. The van der Waals surface area contributed by atoms with Crippen LogP contribution in [0.4, 0.5) is 10.1 Å². The highest BCUT2D eigenvalue weighted by Gasteiger charge is 2.33. The molecule has 31 heavy (non-hydrogen) atoms. The van der Waals surface area contributed by atoms with Gasteiger partial charge in [-0.25, -0.2) is 4.39 Å². The summed E-state index contributed by atoms with van der Waals surface area (Å²) >= 11 is 1.37. The van der Waals surface area contributed by atoms with Crippen LogP contribution in [0, 0.1) is 23.1 Å². The van der Waals surface area contributed by atoms with Gasteiger partial charge in [0, 0.05) is 46.4 Å². The number of hydrogen-bond donors (Lipinski definition) is 1. The Morgan fingerprint density at radius 3 is 2.87 bits per heavy atom. The molecule has 1 aliphatic heterocycles. The minimum atomic E-state index is -0.323. The fraction of sp³-hybridized carbons (Fsp3) is 0.167. The van der Waals surface area contributed by atoms with E-state index in [4.69, 9.17) is 4.74 Å². The van der Waals surface area contributed by atoms with Gasteiger partial charge < -0.3 is 14.6 Å². The number of aromatic amines is 1. The van der Waals surface area contributed by atoms with Crippen molar-refractivity contribution < 1.29 is 13.9 Å². The second-order valence-electron chi connectivity index (χ2n) is 7.52. The van der Waals surface area contributed by atoms with Crippen LogP contribution in [0.25, 0.3) is 33.3 Å². The van der Waals surface area contributed by atoms with Crippen molar-refractivity contribution in [3.8, 4) is 28.5 Å². The second-order valence-corrected chi connectivity index (χ2v) is 8.43. The van der Waals surface area contributed by atoms with E-state index in [0.29, 0.717) is 18.0 Å². The quantitative estimate of drug-likeness (QED) is 0.452. The molecule has 3 heterocycles. The smallest absolute Gasteiger partial charge is 0.312 e. The van der Waals surface area contributed by atoms with E-state index in [1.165, 1.54) is 30.6 Å². The molecule has 154 valence electrons. The topological polar surface area (TPSA) is 69.1 Å². The number of carbonyl (C=O) groups excluding carboxylic acids is 1. The number of nitrogens with one attached hydrogen (secondary N) is 1. The fourth-order valence-electron chi connectivity index (χ4n) is 4.12. The molecule has 0 saturated carbocycles. The highest BCUT2D eigenvalue weighted by Crippen LogP contribution is 2.42. The van der Waals surface area contributed by atoms with Crippen LogP contribution in [0.2, 0.25) is 0 Å². The van der Waals surface area contributed by atoms with Gasteiger partial charge in [-0.2, -0.15) is 5.26 Å². The summed E-state index contributed by atoms with van der Waals surface area (Å²) in [5, 5.41) is 12.2. The molecule has 5 nitrogen and oxygen atoms in total. The summed E-state index contributed by atoms with van der Waals surface area (Å²) in [7, 11) is 1.41. The standard InChI is InChI=1S/C24H18FN3O2S/c1-30-24(29)15-12-28(13-15)17-4-2-3-14(9-17)23-22(18-7-8-31-21(18)11-26)19-10-16(25)5-6-20(19)27-23/h2-10,15,27H,12-13H2,1H3. The number of carbonyl (C=O) groups is 1. The van der Waals surface area contributed by atoms with Gasteiger partial charge in [0.15, 0.2) is 0 Å². The molecule has 4 aromatic rings. The zero-order chi connectivity index (χ0) is 21.5. The summed E-state index contributed by atoms with van der Waals surface area (Å²) in [6, 6.07) is 16.8. The van der Waals surface area contributed by atoms with Gasteiger partial charge in [0.1, 0.15) is 16.8 Å². The van der Waals surface area contributed by atoms with Crippen LogP contribution >= 0.6 is 11.3 Å². The van der Waals surface area contributed by atoms with Gasteiger partial charge in [0.2, 0.25) is 0 Å². The number of ether oxygens (including phenoxy) is 1. The van der Waals surface area contributed by atoms with Gasteiger partial charge in [0.05, 0.1) is 18.7 Å². The monoisotopic (exact) mass is 431 g/mol. The lowest BCUT2D eigenvalue weighted by Crippen LogP contribution is -2.50. The van der Waals surface area contributed by atoms with Crippen molar-refractivity contribution >= 4 is 33.9 Å². The molecule has 0 atom stereocenters. The van der Waals surface area contributed by atoms with E-state index in [2.05, 4.69) is 22.0 Å². The Morgan fingerprint density at radius 2 is 2.10 bits per heavy atom. The van der Waals surface area contributed by atoms with Crippen molar-refractivity contribution in [2.75, 3.05) is 25.1 Å². The minimum absolute atomic E-state index is 0.107. The molecule has 0 spiro atoms. The molecule has 2 aromatic carbocycles. The van der Waals surface area contributed by atoms with Crippen LogP contribution in [0.15, 0.2) is 53.9 Å². The van der Waals surface area contributed by atoms with E-state index in [1.54, 1.807) is 6.07 Å². The van der Waals surface area contributed by atoms with E-state index < -0.39 is 0 Å². The number of thiophene rings is 1. The van der Waals surface area contributed by atoms with E-state index in [-0.39, 0.29) is 17.7 Å². The van der Waals surface area contributed by atoms with E-state index in [0.717, 1.165) is 39.0 Å². The number of aromatic nitrogens is 1. The summed E-state index contributed by atoms with van der Waals surface area (Å²) in [6.45, 7) is 1.23. The van der Waals surface area contributed by atoms with Crippen LogP contribution in [0.1, 0.15) is 4.88 Å². The molecule has 5 rings (SSSR count). The largest absolute Gasteiger partial charge is 0.469 e. The molecule has 0 aliphatic carbocycles. The van der Waals surface area contributed by atoms with Gasteiger partial charge in [-0.05, 0) is 41.8 Å². The molecular formula is C24H18FN3O2S. The first-order chi connectivity index (χ1) is 15.1. The first kappa shape index (κ1) is 19.3. The number of benzene rings is 2. The highest BCUT2D eigenvalue weighted by molar-refractivity contribution is 7.11. The maximum absolute atomic E-state index is 14.1. The number of esters is 1. The summed E-state index contributed by atoms with van der Waals surface area (Å²) in [4.78, 5) is 17.8. The molecule has 1 N–H and O–H groups in total. The first-order valence-corrected chi connectivity index (χ1v) is 10.7. The number of nitrogens with zero attached hydrogens (tertiary/aromatic N) is 2. The number of H-pyrrole nitrogens is 1. The van der Waals surface area contributed by atoms with Crippen LogP contribution in [-0.2, 0) is 9.53 Å². The summed E-state index contributed by atoms with van der Waals surface area (Å²) < 4.78 is 18.9. The third-order valence-corrected chi connectivity index (χ3v) is 6.53. The van der Waals surface area contributed by atoms with Crippen molar-refractivity contribution in [3.63, 3.8) is 0 Å². The molecule has 1 aliphatic rings. The Hall–Kier alpha value is -3.63. The second kappa shape index (κ2) is 7.56. The normalized spacial score (nSPS) is 13.8. The average Bonchev–Trinajstić information content (AvgIpc) is 3.36. The lowest BCUT2D eigenvalue weighted by Gasteiger charge is -2.39. The Labute approximate surface area is 182 Å². The molecular weight excluding hydrogens is 413 g/mol. The molecule has 0 unspecified atom stereocenters. The summed E-state index contributed by atoms with van der Waals surface area (Å²) in [5.74, 6) is -0.616. The Bertz CT molecular complexity index is 1340. The van der Waals surface area contributed by atoms with Crippen molar-refractivity contribution in [3.05, 3.63) is 64.6 Å². The lowest BCUT2D eigenvalue weighted by atomic mass is 9.96. The number of hydrogen-bond acceptors (Lipinski definition) is 5. The summed E-state index contributed by atoms with van der Waals surface area (Å²) in [5.41, 5.74) is 5.18. The lowest BCUT2D eigenvalue weighted by molar-refractivity contribution is -0.146. The van der Waals surface area contributed by atoms with Crippen molar-refractivity contribution in [2.24, 2.45) is 5.92 Å². The highest BCUT2D eigenvalue weighted by atomic mass is 32.1. The minimum Gasteiger partial charge on any atom is -0.469 e. The molecule has 2 aromatic heterocycles. The van der Waals surface area contributed by atoms with Gasteiger partial charge in [-0.15, -0.1) is 11.3 Å². The molecule has 0 amide bonds. The number of rotatable bonds is 4. The van der Waals surface area contributed by atoms with Crippen LogP contribution in [0.3, 0.4) is 0 Å². The molecule has 0 bridgehead atoms. The van der Waals surface area contributed by atoms with Gasteiger partial charge in [0.25, 0.3) is 0 Å². The number of halogens is 1. The van der Waals surface area contributed by atoms with Gasteiger partial charge in [-0.1, -0.05) is 12.1 Å². The third kappa shape index (κ3) is 3.25. The number of fused-ring (bicyclic) bond motifs is 1. The number of anilines is 1. The molecule has 7 heteroatoms. The van der Waals surface area contributed by atoms with E-state index >= 15 is 0 Å². The SMILES string of the molecule is COC(=O)C1CN(c2cccc(-c3[nH]c4ccc(F)cc4c3-c3ccsc3C#N)c2)C1. The molecule has 1 saturated heterocycles. The Kier molecular flexibility index (Phi) is 4.72. The Balaban J connectivity index is 1.61. The first-order valence-electron chi connectivity index (χ1n) is 9.81.